The van der Waals surface area contributed by atoms with Gasteiger partial charge < -0.3 is 10.2 Å². The van der Waals surface area contributed by atoms with E-state index < -0.39 is 0 Å². The van der Waals surface area contributed by atoms with Gasteiger partial charge in [0.1, 0.15) is 23.7 Å². The third-order valence-electron chi connectivity index (χ3n) is 5.04. The maximum Gasteiger partial charge on any atom is 0.247 e. The van der Waals surface area contributed by atoms with Crippen molar-refractivity contribution in [2.24, 2.45) is 5.41 Å². The Labute approximate surface area is 157 Å². The van der Waals surface area contributed by atoms with Crippen molar-refractivity contribution in [1.29, 1.82) is 0 Å². The highest BCUT2D eigenvalue weighted by atomic mass is 16.2. The molecule has 4 rings (SSSR count). The summed E-state index contributed by atoms with van der Waals surface area (Å²) in [7, 11) is 2.05. The van der Waals surface area contributed by atoms with Crippen molar-refractivity contribution >= 4 is 28.7 Å². The second-order valence-electron chi connectivity index (χ2n) is 7.84. The fourth-order valence-corrected chi connectivity index (χ4v) is 3.56. The van der Waals surface area contributed by atoms with Gasteiger partial charge >= 0.3 is 0 Å². The molecule has 1 aliphatic rings. The number of hydrogen-bond donors (Lipinski definition) is 1. The van der Waals surface area contributed by atoms with Gasteiger partial charge in [-0.2, -0.15) is 5.10 Å². The Kier molecular flexibility index (Phi) is 4.25. The highest BCUT2D eigenvalue weighted by Crippen LogP contribution is 2.43. The van der Waals surface area contributed by atoms with Crippen LogP contribution in [0.3, 0.4) is 0 Å². The van der Waals surface area contributed by atoms with E-state index in [9.17, 15) is 4.79 Å². The molecule has 1 N–H and O–H groups in total. The minimum atomic E-state index is -0.208. The van der Waals surface area contributed by atoms with Crippen LogP contribution in [0.5, 0.6) is 0 Å². The summed E-state index contributed by atoms with van der Waals surface area (Å²) in [6.07, 6.45) is 7.30. The fraction of sp³-hybridized carbons (Fsp3) is 0.421. The Morgan fingerprint density at radius 3 is 2.81 bits per heavy atom. The normalized spacial score (nSPS) is 16.1. The van der Waals surface area contributed by atoms with Gasteiger partial charge in [0.2, 0.25) is 5.91 Å². The summed E-state index contributed by atoms with van der Waals surface area (Å²) in [4.78, 5) is 27.7. The standard InChI is InChI=1S/C19H23N7O/c1-19(2)8-13(9-19)25(3)16-11-21-14-10-22-26(18(14)24-16)12-17(27)23-15-6-4-5-7-20-15/h4-7,10-11,13H,8-9,12H2,1-3H3,(H,20,23,27). The van der Waals surface area contributed by atoms with Crippen molar-refractivity contribution in [1.82, 2.24) is 24.7 Å². The molecule has 8 heteroatoms. The zero-order valence-electron chi connectivity index (χ0n) is 15.8. The summed E-state index contributed by atoms with van der Waals surface area (Å²) in [5.74, 6) is 1.10. The maximum atomic E-state index is 12.3. The van der Waals surface area contributed by atoms with Gasteiger partial charge in [0.15, 0.2) is 5.65 Å². The second kappa shape index (κ2) is 6.61. The summed E-state index contributed by atoms with van der Waals surface area (Å²) in [6.45, 7) is 4.61. The van der Waals surface area contributed by atoms with E-state index in [0.29, 0.717) is 28.4 Å². The molecular formula is C19H23N7O. The molecule has 1 amide bonds. The number of rotatable bonds is 5. The number of pyridine rings is 1. The number of nitrogens with zero attached hydrogens (tertiary/aromatic N) is 6. The third kappa shape index (κ3) is 3.60. The number of amides is 1. The molecular weight excluding hydrogens is 342 g/mol. The number of anilines is 2. The number of carbonyl (C=O) groups excluding carboxylic acids is 1. The number of aromatic nitrogens is 5. The Balaban J connectivity index is 1.51. The lowest BCUT2D eigenvalue weighted by atomic mass is 9.68. The SMILES string of the molecule is CN(c1cnc2cnn(CC(=O)Nc3ccccn3)c2n1)C1CC(C)(C)C1. The molecule has 1 fully saturated rings. The van der Waals surface area contributed by atoms with E-state index in [1.807, 2.05) is 13.1 Å². The third-order valence-corrected chi connectivity index (χ3v) is 5.04. The Morgan fingerprint density at radius 1 is 1.30 bits per heavy atom. The van der Waals surface area contributed by atoms with Crippen LogP contribution in [-0.2, 0) is 11.3 Å². The van der Waals surface area contributed by atoms with Gasteiger partial charge in [0, 0.05) is 19.3 Å². The first kappa shape index (κ1) is 17.4. The van der Waals surface area contributed by atoms with Gasteiger partial charge in [-0.1, -0.05) is 19.9 Å². The molecule has 140 valence electrons. The minimum Gasteiger partial charge on any atom is -0.355 e. The monoisotopic (exact) mass is 365 g/mol. The van der Waals surface area contributed by atoms with Crippen molar-refractivity contribution in [2.45, 2.75) is 39.3 Å². The molecule has 0 saturated heterocycles. The van der Waals surface area contributed by atoms with Crippen LogP contribution in [0.15, 0.2) is 36.8 Å². The van der Waals surface area contributed by atoms with Crippen LogP contribution < -0.4 is 10.2 Å². The molecule has 8 nitrogen and oxygen atoms in total. The summed E-state index contributed by atoms with van der Waals surface area (Å²) < 4.78 is 1.57. The van der Waals surface area contributed by atoms with E-state index in [-0.39, 0.29) is 12.5 Å². The molecule has 27 heavy (non-hydrogen) atoms. The van der Waals surface area contributed by atoms with Gasteiger partial charge in [-0.15, -0.1) is 0 Å². The largest absolute Gasteiger partial charge is 0.355 e. The van der Waals surface area contributed by atoms with Crippen LogP contribution in [0.2, 0.25) is 0 Å². The maximum absolute atomic E-state index is 12.3. The minimum absolute atomic E-state index is 0.0539. The van der Waals surface area contributed by atoms with Gasteiger partial charge in [-0.05, 0) is 30.4 Å². The predicted molar refractivity (Wildman–Crippen MR) is 103 cm³/mol. The Hall–Kier alpha value is -3.03. The van der Waals surface area contributed by atoms with Crippen molar-refractivity contribution in [3.05, 3.63) is 36.8 Å². The zero-order chi connectivity index (χ0) is 19.0. The quantitative estimate of drug-likeness (QED) is 0.747. The van der Waals surface area contributed by atoms with Crippen LogP contribution in [0, 0.1) is 5.41 Å². The molecule has 0 spiro atoms. The first-order chi connectivity index (χ1) is 12.9. The molecule has 0 unspecified atom stereocenters. The summed E-state index contributed by atoms with van der Waals surface area (Å²) >= 11 is 0. The van der Waals surface area contributed by atoms with Crippen LogP contribution in [0.4, 0.5) is 11.6 Å². The van der Waals surface area contributed by atoms with Crippen LogP contribution >= 0.6 is 0 Å². The molecule has 0 bridgehead atoms. The van der Waals surface area contributed by atoms with E-state index in [1.165, 1.54) is 0 Å². The Bertz CT molecular complexity index is 959. The Morgan fingerprint density at radius 2 is 2.11 bits per heavy atom. The smallest absolute Gasteiger partial charge is 0.247 e. The number of fused-ring (bicyclic) bond motifs is 1. The average Bonchev–Trinajstić information content (AvgIpc) is 3.02. The molecule has 0 atom stereocenters. The first-order valence-corrected chi connectivity index (χ1v) is 9.04. The van der Waals surface area contributed by atoms with E-state index in [2.05, 4.69) is 39.1 Å². The van der Waals surface area contributed by atoms with Gasteiger partial charge in [0.25, 0.3) is 0 Å². The van der Waals surface area contributed by atoms with Crippen molar-refractivity contribution < 1.29 is 4.79 Å². The number of hydrogen-bond acceptors (Lipinski definition) is 6. The molecule has 0 aromatic carbocycles. The van der Waals surface area contributed by atoms with Crippen molar-refractivity contribution in [2.75, 3.05) is 17.3 Å². The van der Waals surface area contributed by atoms with E-state index in [0.717, 1.165) is 18.7 Å². The highest BCUT2D eigenvalue weighted by molar-refractivity contribution is 5.90. The molecule has 3 aromatic heterocycles. The highest BCUT2D eigenvalue weighted by Gasteiger charge is 2.38. The second-order valence-corrected chi connectivity index (χ2v) is 7.84. The summed E-state index contributed by atoms with van der Waals surface area (Å²) in [5, 5.41) is 7.03. The molecule has 1 aliphatic carbocycles. The molecule has 0 aliphatic heterocycles. The van der Waals surface area contributed by atoms with Crippen molar-refractivity contribution in [3.63, 3.8) is 0 Å². The van der Waals surface area contributed by atoms with Gasteiger partial charge in [-0.3, -0.25) is 4.79 Å². The molecule has 3 aromatic rings. The van der Waals surface area contributed by atoms with Gasteiger partial charge in [0.05, 0.1) is 12.4 Å². The van der Waals surface area contributed by atoms with Crippen LogP contribution in [0.1, 0.15) is 26.7 Å². The van der Waals surface area contributed by atoms with Crippen LogP contribution in [-0.4, -0.2) is 43.7 Å². The number of nitrogens with one attached hydrogen (secondary N) is 1. The van der Waals surface area contributed by atoms with E-state index >= 15 is 0 Å². The van der Waals surface area contributed by atoms with Gasteiger partial charge in [-0.25, -0.2) is 19.6 Å². The van der Waals surface area contributed by atoms with E-state index in [4.69, 9.17) is 4.98 Å². The van der Waals surface area contributed by atoms with Crippen LogP contribution in [0.25, 0.3) is 11.2 Å². The lowest BCUT2D eigenvalue weighted by Gasteiger charge is -2.47. The lowest BCUT2D eigenvalue weighted by molar-refractivity contribution is -0.116. The van der Waals surface area contributed by atoms with E-state index in [1.54, 1.807) is 35.4 Å². The topological polar surface area (TPSA) is 88.8 Å². The van der Waals surface area contributed by atoms with Crippen molar-refractivity contribution in [3.8, 4) is 0 Å². The zero-order valence-corrected chi connectivity index (χ0v) is 15.8. The fourth-order valence-electron chi connectivity index (χ4n) is 3.56. The first-order valence-electron chi connectivity index (χ1n) is 9.04. The average molecular weight is 365 g/mol. The predicted octanol–water partition coefficient (Wildman–Crippen LogP) is 2.48. The molecule has 0 radical (unpaired) electrons. The lowest BCUT2D eigenvalue weighted by Crippen LogP contribution is -2.47. The number of carbonyl (C=O) groups is 1. The molecule has 1 saturated carbocycles. The summed E-state index contributed by atoms with van der Waals surface area (Å²) in [5.41, 5.74) is 1.67. The molecule has 3 heterocycles. The summed E-state index contributed by atoms with van der Waals surface area (Å²) in [6, 6.07) is 5.83.